The molecule has 1 unspecified atom stereocenters. The summed E-state index contributed by atoms with van der Waals surface area (Å²) in [7, 11) is 1.26. The van der Waals surface area contributed by atoms with E-state index in [1.54, 1.807) is 18.2 Å². The standard InChI is InChI=1S/C16H11BrF2N2O3/c1-22-11-5-9-14(13(19)12(11)18)24-10-3-2-7(17)4-8(10)16(9)6-23-15(20)21-16/h2-5H,6H2,1H3,(H2,20,21). The van der Waals surface area contributed by atoms with Gasteiger partial charge in [0.2, 0.25) is 11.6 Å². The first-order valence-corrected chi connectivity index (χ1v) is 7.78. The van der Waals surface area contributed by atoms with E-state index in [9.17, 15) is 8.78 Å². The second-order valence-electron chi connectivity index (χ2n) is 5.43. The van der Waals surface area contributed by atoms with E-state index in [1.807, 2.05) is 0 Å². The van der Waals surface area contributed by atoms with Crippen molar-refractivity contribution in [3.8, 4) is 17.2 Å². The number of halogens is 3. The predicted molar refractivity (Wildman–Crippen MR) is 85.5 cm³/mol. The van der Waals surface area contributed by atoms with Crippen molar-refractivity contribution in [2.24, 2.45) is 10.7 Å². The summed E-state index contributed by atoms with van der Waals surface area (Å²) < 4.78 is 45.3. The van der Waals surface area contributed by atoms with E-state index < -0.39 is 17.2 Å². The summed E-state index contributed by atoms with van der Waals surface area (Å²) in [6.45, 7) is 0.0485. The summed E-state index contributed by atoms with van der Waals surface area (Å²) in [5.74, 6) is -2.39. The van der Waals surface area contributed by atoms with Crippen molar-refractivity contribution in [1.82, 2.24) is 0 Å². The molecule has 2 aromatic rings. The van der Waals surface area contributed by atoms with Gasteiger partial charge in [0.05, 0.1) is 7.11 Å². The second-order valence-corrected chi connectivity index (χ2v) is 6.34. The summed E-state index contributed by atoms with van der Waals surface area (Å²) >= 11 is 3.40. The van der Waals surface area contributed by atoms with Crippen LogP contribution in [0.1, 0.15) is 11.1 Å². The highest BCUT2D eigenvalue weighted by Crippen LogP contribution is 2.53. The molecule has 0 bridgehead atoms. The van der Waals surface area contributed by atoms with Gasteiger partial charge < -0.3 is 19.9 Å². The molecule has 4 rings (SSSR count). The molecule has 0 saturated carbocycles. The average Bonchev–Trinajstić information content (AvgIpc) is 2.95. The van der Waals surface area contributed by atoms with Crippen molar-refractivity contribution in [1.29, 1.82) is 0 Å². The van der Waals surface area contributed by atoms with Gasteiger partial charge in [-0.15, -0.1) is 0 Å². The zero-order chi connectivity index (χ0) is 17.1. The Morgan fingerprint density at radius 3 is 2.71 bits per heavy atom. The first-order chi connectivity index (χ1) is 11.5. The number of ether oxygens (including phenoxy) is 3. The van der Waals surface area contributed by atoms with E-state index in [-0.39, 0.29) is 24.1 Å². The van der Waals surface area contributed by atoms with Crippen molar-refractivity contribution in [3.05, 3.63) is 51.5 Å². The number of amidine groups is 1. The van der Waals surface area contributed by atoms with Gasteiger partial charge >= 0.3 is 0 Å². The van der Waals surface area contributed by atoms with Gasteiger partial charge in [-0.1, -0.05) is 15.9 Å². The van der Waals surface area contributed by atoms with Crippen LogP contribution in [-0.4, -0.2) is 19.7 Å². The molecule has 2 heterocycles. The molecule has 8 heteroatoms. The average molecular weight is 397 g/mol. The number of aliphatic imine (C=N–C) groups is 1. The van der Waals surface area contributed by atoms with Crippen LogP contribution in [0.5, 0.6) is 17.2 Å². The van der Waals surface area contributed by atoms with Crippen molar-refractivity contribution in [2.75, 3.05) is 13.7 Å². The number of methoxy groups -OCH3 is 1. The van der Waals surface area contributed by atoms with Gasteiger partial charge in [0.1, 0.15) is 12.4 Å². The summed E-state index contributed by atoms with van der Waals surface area (Å²) in [5, 5.41) is 0. The molecule has 0 saturated heterocycles. The highest BCUT2D eigenvalue weighted by atomic mass is 79.9. The molecule has 0 aliphatic carbocycles. The highest BCUT2D eigenvalue weighted by Gasteiger charge is 2.49. The quantitative estimate of drug-likeness (QED) is 0.801. The summed E-state index contributed by atoms with van der Waals surface area (Å²) in [6.07, 6.45) is 0. The van der Waals surface area contributed by atoms with Crippen LogP contribution in [-0.2, 0) is 10.3 Å². The summed E-state index contributed by atoms with van der Waals surface area (Å²) in [4.78, 5) is 4.38. The maximum atomic E-state index is 14.5. The van der Waals surface area contributed by atoms with Crippen molar-refractivity contribution < 1.29 is 23.0 Å². The fourth-order valence-corrected chi connectivity index (χ4v) is 3.38. The molecular formula is C16H11BrF2N2O3. The molecule has 2 aromatic carbocycles. The van der Waals surface area contributed by atoms with Crippen LogP contribution in [0.3, 0.4) is 0 Å². The molecule has 1 spiro atoms. The Kier molecular flexibility index (Phi) is 3.21. The van der Waals surface area contributed by atoms with Crippen molar-refractivity contribution >= 4 is 22.0 Å². The van der Waals surface area contributed by atoms with Gasteiger partial charge in [-0.3, -0.25) is 0 Å². The minimum atomic E-state index is -1.14. The second kappa shape index (κ2) is 5.07. The van der Waals surface area contributed by atoms with Crippen molar-refractivity contribution in [2.45, 2.75) is 5.54 Å². The highest BCUT2D eigenvalue weighted by molar-refractivity contribution is 9.10. The Balaban J connectivity index is 2.08. The van der Waals surface area contributed by atoms with Crippen LogP contribution in [0, 0.1) is 11.6 Å². The molecule has 0 fully saturated rings. The normalized spacial score (nSPS) is 20.8. The molecule has 24 heavy (non-hydrogen) atoms. The fourth-order valence-electron chi connectivity index (χ4n) is 3.02. The smallest absolute Gasteiger partial charge is 0.283 e. The molecule has 0 radical (unpaired) electrons. The molecule has 0 amide bonds. The van der Waals surface area contributed by atoms with Crippen LogP contribution in [0.2, 0.25) is 0 Å². The number of hydrogen-bond acceptors (Lipinski definition) is 5. The third-order valence-corrected chi connectivity index (χ3v) is 4.62. The number of benzene rings is 2. The zero-order valence-electron chi connectivity index (χ0n) is 12.4. The Morgan fingerprint density at radius 1 is 1.25 bits per heavy atom. The number of nitrogens with zero attached hydrogens (tertiary/aromatic N) is 1. The number of nitrogens with two attached hydrogens (primary N) is 1. The predicted octanol–water partition coefficient (Wildman–Crippen LogP) is 3.43. The van der Waals surface area contributed by atoms with E-state index in [2.05, 4.69) is 20.9 Å². The van der Waals surface area contributed by atoms with Crippen molar-refractivity contribution in [3.63, 3.8) is 0 Å². The largest absolute Gasteiger partial charge is 0.494 e. The molecule has 5 nitrogen and oxygen atoms in total. The topological polar surface area (TPSA) is 66.1 Å². The number of hydrogen-bond donors (Lipinski definition) is 1. The first-order valence-electron chi connectivity index (χ1n) is 6.99. The van der Waals surface area contributed by atoms with Gasteiger partial charge in [0.25, 0.3) is 6.02 Å². The first kappa shape index (κ1) is 15.2. The third-order valence-electron chi connectivity index (χ3n) is 4.12. The van der Waals surface area contributed by atoms with Gasteiger partial charge in [-0.05, 0) is 24.3 Å². The van der Waals surface area contributed by atoms with Gasteiger partial charge in [-0.25, -0.2) is 4.99 Å². The molecule has 0 aromatic heterocycles. The minimum absolute atomic E-state index is 0.0301. The summed E-state index contributed by atoms with van der Waals surface area (Å²) in [5.41, 5.74) is 5.51. The lowest BCUT2D eigenvalue weighted by Crippen LogP contribution is -2.31. The minimum Gasteiger partial charge on any atom is -0.494 e. The Labute approximate surface area is 144 Å². The fraction of sp³-hybridized carbons (Fsp3) is 0.188. The molecule has 2 N–H and O–H groups in total. The lowest BCUT2D eigenvalue weighted by atomic mass is 9.81. The molecule has 2 aliphatic heterocycles. The molecule has 124 valence electrons. The Hall–Kier alpha value is -2.35. The van der Waals surface area contributed by atoms with Crippen LogP contribution < -0.4 is 15.2 Å². The SMILES string of the molecule is COc1cc2c(c(F)c1F)Oc1ccc(Br)cc1C21COC(N)=N1. The van der Waals surface area contributed by atoms with Gasteiger partial charge in [0.15, 0.2) is 17.0 Å². The molecule has 2 aliphatic rings. The Bertz CT molecular complexity index is 903. The molecule has 1 atom stereocenters. The maximum absolute atomic E-state index is 14.5. The van der Waals surface area contributed by atoms with Crippen LogP contribution in [0.25, 0.3) is 0 Å². The third kappa shape index (κ3) is 1.92. The van der Waals surface area contributed by atoms with Crippen LogP contribution in [0.15, 0.2) is 33.7 Å². The monoisotopic (exact) mass is 396 g/mol. The van der Waals surface area contributed by atoms with E-state index in [0.29, 0.717) is 16.9 Å². The van der Waals surface area contributed by atoms with E-state index >= 15 is 0 Å². The number of fused-ring (bicyclic) bond motifs is 4. The van der Waals surface area contributed by atoms with E-state index in [1.165, 1.54) is 13.2 Å². The van der Waals surface area contributed by atoms with E-state index in [0.717, 1.165) is 4.47 Å². The van der Waals surface area contributed by atoms with Crippen LogP contribution in [0.4, 0.5) is 8.78 Å². The van der Waals surface area contributed by atoms with Crippen LogP contribution >= 0.6 is 15.9 Å². The summed E-state index contributed by atoms with van der Waals surface area (Å²) in [6, 6.07) is 6.51. The number of rotatable bonds is 1. The maximum Gasteiger partial charge on any atom is 0.283 e. The Morgan fingerprint density at radius 2 is 2.04 bits per heavy atom. The van der Waals surface area contributed by atoms with Gasteiger partial charge in [-0.2, -0.15) is 8.78 Å². The zero-order valence-corrected chi connectivity index (χ0v) is 14.0. The molecular weight excluding hydrogens is 386 g/mol. The lowest BCUT2D eigenvalue weighted by molar-refractivity contribution is 0.258. The van der Waals surface area contributed by atoms with E-state index in [4.69, 9.17) is 19.9 Å². The lowest BCUT2D eigenvalue weighted by Gasteiger charge is -2.33. The van der Waals surface area contributed by atoms with Gasteiger partial charge in [0, 0.05) is 15.6 Å².